The molecule has 0 aliphatic rings. The van der Waals surface area contributed by atoms with Crippen molar-refractivity contribution in [3.05, 3.63) is 53.8 Å². The zero-order chi connectivity index (χ0) is 21.1. The van der Waals surface area contributed by atoms with E-state index in [0.29, 0.717) is 11.1 Å². The van der Waals surface area contributed by atoms with Crippen LogP contribution in [0, 0.1) is 11.2 Å². The van der Waals surface area contributed by atoms with Crippen LogP contribution in [0.3, 0.4) is 0 Å². The zero-order valence-corrected chi connectivity index (χ0v) is 15.9. The molecule has 0 radical (unpaired) electrons. The Morgan fingerprint density at radius 1 is 1.00 bits per heavy atom. The van der Waals surface area contributed by atoms with E-state index < -0.39 is 41.1 Å². The van der Waals surface area contributed by atoms with Crippen LogP contribution in [0.5, 0.6) is 5.75 Å². The quantitative estimate of drug-likeness (QED) is 0.623. The fourth-order valence-corrected chi connectivity index (χ4v) is 2.66. The van der Waals surface area contributed by atoms with E-state index >= 15 is 0 Å². The van der Waals surface area contributed by atoms with E-state index in [1.165, 1.54) is 6.07 Å². The Bertz CT molecular complexity index is 853. The highest BCUT2D eigenvalue weighted by atomic mass is 19.1. The smallest absolute Gasteiger partial charge is 0.323 e. The monoisotopic (exact) mass is 390 g/mol. The summed E-state index contributed by atoms with van der Waals surface area (Å²) in [6, 6.07) is 10.4. The molecule has 150 valence electrons. The Morgan fingerprint density at radius 2 is 1.57 bits per heavy atom. The number of rotatable bonds is 7. The van der Waals surface area contributed by atoms with Crippen LogP contribution in [0.4, 0.5) is 4.39 Å². The fourth-order valence-electron chi connectivity index (χ4n) is 2.66. The van der Waals surface area contributed by atoms with Crippen LogP contribution in [0.1, 0.15) is 26.3 Å². The summed E-state index contributed by atoms with van der Waals surface area (Å²) in [4.78, 5) is 23.6. The largest absolute Gasteiger partial charge is 0.504 e. The van der Waals surface area contributed by atoms with Gasteiger partial charge in [-0.2, -0.15) is 0 Å². The van der Waals surface area contributed by atoms with E-state index in [4.69, 9.17) is 4.74 Å². The van der Waals surface area contributed by atoms with Gasteiger partial charge in [0.1, 0.15) is 0 Å². The molecule has 2 aromatic carbocycles. The van der Waals surface area contributed by atoms with Gasteiger partial charge in [0.2, 0.25) is 0 Å². The first-order chi connectivity index (χ1) is 13.0. The van der Waals surface area contributed by atoms with Gasteiger partial charge in [0, 0.05) is 12.0 Å². The maximum absolute atomic E-state index is 13.5. The lowest BCUT2D eigenvalue weighted by Crippen LogP contribution is -2.47. The third-order valence-electron chi connectivity index (χ3n) is 4.33. The number of phenolic OH excluding ortho intramolecular Hbond substituents is 1. The molecule has 0 saturated heterocycles. The van der Waals surface area contributed by atoms with Gasteiger partial charge in [-0.15, -0.1) is 0 Å². The molecule has 6 nitrogen and oxygen atoms in total. The first kappa shape index (κ1) is 21.4. The number of halogens is 1. The lowest BCUT2D eigenvalue weighted by molar-refractivity contribution is -0.173. The number of phenols is 1. The molecule has 7 heteroatoms. The summed E-state index contributed by atoms with van der Waals surface area (Å²) in [5, 5.41) is 29.1. The average Bonchev–Trinajstić information content (AvgIpc) is 2.60. The van der Waals surface area contributed by atoms with Gasteiger partial charge in [-0.25, -0.2) is 4.39 Å². The van der Waals surface area contributed by atoms with E-state index in [0.717, 1.165) is 6.07 Å². The van der Waals surface area contributed by atoms with Crippen molar-refractivity contribution in [2.75, 3.05) is 6.61 Å². The Morgan fingerprint density at radius 3 is 2.07 bits per heavy atom. The third-order valence-corrected chi connectivity index (χ3v) is 4.33. The molecule has 28 heavy (non-hydrogen) atoms. The summed E-state index contributed by atoms with van der Waals surface area (Å²) in [6.07, 6.45) is -0.289. The Hall–Kier alpha value is -2.93. The van der Waals surface area contributed by atoms with Crippen LogP contribution in [0.2, 0.25) is 0 Å². The highest BCUT2D eigenvalue weighted by molar-refractivity contribution is 5.98. The Labute approximate surface area is 162 Å². The molecule has 0 saturated carbocycles. The minimum Gasteiger partial charge on any atom is -0.504 e. The van der Waals surface area contributed by atoms with E-state index in [1.54, 1.807) is 51.1 Å². The maximum Gasteiger partial charge on any atom is 0.323 e. The standard InChI is InChI=1S/C21H23FO6/c1-20(2,3)28-12-21(18(24)25,19(26)27)11-13-7-9-14(10-8-13)15-5-4-6-16(22)17(15)23/h4-10,23H,11-12H2,1-3H3,(H,24,25)(H,26,27). The van der Waals surface area contributed by atoms with Crippen molar-refractivity contribution in [1.82, 2.24) is 0 Å². The summed E-state index contributed by atoms with van der Waals surface area (Å²) >= 11 is 0. The number of aliphatic carboxylic acids is 2. The van der Waals surface area contributed by atoms with Crippen molar-refractivity contribution >= 4 is 11.9 Å². The van der Waals surface area contributed by atoms with Gasteiger partial charge in [0.05, 0.1) is 12.2 Å². The van der Waals surface area contributed by atoms with Crippen molar-refractivity contribution in [3.63, 3.8) is 0 Å². The number of hydrogen-bond donors (Lipinski definition) is 3. The highest BCUT2D eigenvalue weighted by Crippen LogP contribution is 2.33. The molecule has 2 rings (SSSR count). The van der Waals surface area contributed by atoms with Crippen LogP contribution >= 0.6 is 0 Å². The van der Waals surface area contributed by atoms with E-state index in [1.807, 2.05) is 0 Å². The third kappa shape index (κ3) is 4.67. The van der Waals surface area contributed by atoms with E-state index in [2.05, 4.69) is 0 Å². The number of ether oxygens (including phenoxy) is 1. The topological polar surface area (TPSA) is 104 Å². The van der Waals surface area contributed by atoms with Crippen molar-refractivity contribution in [2.45, 2.75) is 32.8 Å². The van der Waals surface area contributed by atoms with Gasteiger partial charge >= 0.3 is 11.9 Å². The van der Waals surface area contributed by atoms with Gasteiger partial charge < -0.3 is 20.1 Å². The van der Waals surface area contributed by atoms with Gasteiger partial charge in [-0.1, -0.05) is 36.4 Å². The number of benzene rings is 2. The molecule has 0 heterocycles. The maximum atomic E-state index is 13.5. The molecule has 0 atom stereocenters. The van der Waals surface area contributed by atoms with Crippen molar-refractivity contribution < 1.29 is 34.0 Å². The molecular weight excluding hydrogens is 367 g/mol. The predicted octanol–water partition coefficient (Wildman–Crippen LogP) is 3.71. The molecular formula is C21H23FO6. The second-order valence-corrected chi connectivity index (χ2v) is 7.60. The lowest BCUT2D eigenvalue weighted by atomic mass is 9.82. The zero-order valence-electron chi connectivity index (χ0n) is 15.9. The van der Waals surface area contributed by atoms with Crippen molar-refractivity contribution in [2.24, 2.45) is 5.41 Å². The summed E-state index contributed by atoms with van der Waals surface area (Å²) in [7, 11) is 0. The van der Waals surface area contributed by atoms with Crippen molar-refractivity contribution in [1.29, 1.82) is 0 Å². The minimum absolute atomic E-state index is 0.283. The summed E-state index contributed by atoms with van der Waals surface area (Å²) in [6.45, 7) is 4.64. The number of aromatic hydroxyl groups is 1. The number of carboxylic acids is 2. The first-order valence-electron chi connectivity index (χ1n) is 8.64. The fraction of sp³-hybridized carbons (Fsp3) is 0.333. The second-order valence-electron chi connectivity index (χ2n) is 7.60. The van der Waals surface area contributed by atoms with E-state index in [9.17, 15) is 29.3 Å². The van der Waals surface area contributed by atoms with Gasteiger partial charge in [0.25, 0.3) is 0 Å². The SMILES string of the molecule is CC(C)(C)OCC(Cc1ccc(-c2cccc(F)c2O)cc1)(C(=O)O)C(=O)O. The molecule has 0 fully saturated rings. The molecule has 0 aliphatic carbocycles. The molecule has 3 N–H and O–H groups in total. The summed E-state index contributed by atoms with van der Waals surface area (Å²) in [5.74, 6) is -4.22. The van der Waals surface area contributed by atoms with Crippen LogP contribution in [-0.4, -0.2) is 39.5 Å². The summed E-state index contributed by atoms with van der Waals surface area (Å²) in [5.41, 5.74) is -1.58. The molecule has 2 aromatic rings. The lowest BCUT2D eigenvalue weighted by Gasteiger charge is -2.29. The van der Waals surface area contributed by atoms with Gasteiger partial charge in [-0.05, 0) is 38.0 Å². The summed E-state index contributed by atoms with van der Waals surface area (Å²) < 4.78 is 19.0. The van der Waals surface area contributed by atoms with E-state index in [-0.39, 0.29) is 12.0 Å². The number of carboxylic acid groups (broad SMARTS) is 2. The molecule has 0 aliphatic heterocycles. The van der Waals surface area contributed by atoms with Crippen LogP contribution in [0.15, 0.2) is 42.5 Å². The van der Waals surface area contributed by atoms with Gasteiger partial charge in [-0.3, -0.25) is 9.59 Å². The average molecular weight is 390 g/mol. The molecule has 0 aromatic heterocycles. The molecule has 0 unspecified atom stereocenters. The normalized spacial score (nSPS) is 12.0. The first-order valence-corrected chi connectivity index (χ1v) is 8.64. The number of para-hydroxylation sites is 1. The Balaban J connectivity index is 2.33. The predicted molar refractivity (Wildman–Crippen MR) is 101 cm³/mol. The number of hydrogen-bond acceptors (Lipinski definition) is 4. The molecule has 0 bridgehead atoms. The van der Waals surface area contributed by atoms with Crippen LogP contribution in [-0.2, 0) is 20.7 Å². The van der Waals surface area contributed by atoms with Crippen molar-refractivity contribution in [3.8, 4) is 16.9 Å². The van der Waals surface area contributed by atoms with Crippen LogP contribution < -0.4 is 0 Å². The Kier molecular flexibility index (Phi) is 6.09. The molecule has 0 amide bonds. The second kappa shape index (κ2) is 7.98. The number of carbonyl (C=O) groups is 2. The minimum atomic E-state index is -2.14. The molecule has 0 spiro atoms. The van der Waals surface area contributed by atoms with Crippen LogP contribution in [0.25, 0.3) is 11.1 Å². The highest BCUT2D eigenvalue weighted by Gasteiger charge is 2.48. The van der Waals surface area contributed by atoms with Gasteiger partial charge in [0.15, 0.2) is 17.0 Å².